The molecule has 2 rings (SSSR count). The molecule has 0 heterocycles. The molecule has 0 fully saturated rings. The minimum atomic E-state index is 0.756. The minimum Gasteiger partial charge on any atom is -0.399 e. The summed E-state index contributed by atoms with van der Waals surface area (Å²) in [6.07, 6.45) is 1.88. The zero-order chi connectivity index (χ0) is 11.4. The lowest BCUT2D eigenvalue weighted by Crippen LogP contribution is -1.87. The molecule has 0 unspecified atom stereocenters. The summed E-state index contributed by atoms with van der Waals surface area (Å²) in [4.78, 5) is 0. The molecule has 0 aliphatic rings. The molecule has 0 aliphatic carbocycles. The lowest BCUT2D eigenvalue weighted by Gasteiger charge is -2.03. The fourth-order valence-electron chi connectivity index (χ4n) is 1.49. The number of anilines is 2. The minimum absolute atomic E-state index is 0.756. The van der Waals surface area contributed by atoms with E-state index in [0.717, 1.165) is 22.5 Å². The number of benzene rings is 2. The molecule has 2 aromatic carbocycles. The van der Waals surface area contributed by atoms with Crippen molar-refractivity contribution in [1.82, 2.24) is 0 Å². The maximum Gasteiger partial charge on any atom is 0.181 e. The predicted molar refractivity (Wildman–Crippen MR) is 65.5 cm³/mol. The van der Waals surface area contributed by atoms with E-state index in [2.05, 4.69) is 5.32 Å². The van der Waals surface area contributed by atoms with Crippen LogP contribution >= 0.6 is 0 Å². The van der Waals surface area contributed by atoms with Crippen molar-refractivity contribution in [1.29, 1.82) is 5.26 Å². The van der Waals surface area contributed by atoms with Gasteiger partial charge in [-0.25, -0.2) is 0 Å². The molecule has 0 aromatic heterocycles. The Kier molecular flexibility index (Phi) is 2.75. The fourth-order valence-corrected chi connectivity index (χ4v) is 1.49. The SMILES string of the molecule is N#CNc1ccc(-c2ccc(N)cc2)cc1. The maximum atomic E-state index is 8.46. The van der Waals surface area contributed by atoms with Gasteiger partial charge in [0.05, 0.1) is 0 Å². The first-order valence-corrected chi connectivity index (χ1v) is 4.91. The third-order valence-corrected chi connectivity index (χ3v) is 2.33. The van der Waals surface area contributed by atoms with Gasteiger partial charge in [0.25, 0.3) is 0 Å². The number of nitrogens with zero attached hydrogens (tertiary/aromatic N) is 1. The van der Waals surface area contributed by atoms with Crippen molar-refractivity contribution in [2.75, 3.05) is 11.1 Å². The van der Waals surface area contributed by atoms with Crippen molar-refractivity contribution in [2.24, 2.45) is 0 Å². The standard InChI is InChI=1S/C13H11N3/c14-9-16-13-7-3-11(4-8-13)10-1-5-12(15)6-2-10/h1-8,16H,15H2. The summed E-state index contributed by atoms with van der Waals surface area (Å²) in [7, 11) is 0. The monoisotopic (exact) mass is 209 g/mol. The van der Waals surface area contributed by atoms with Crippen LogP contribution in [0.5, 0.6) is 0 Å². The van der Waals surface area contributed by atoms with Gasteiger partial charge in [-0.3, -0.25) is 5.32 Å². The molecule has 78 valence electrons. The Bertz CT molecular complexity index is 506. The highest BCUT2D eigenvalue weighted by molar-refractivity contribution is 5.67. The molecule has 2 aromatic rings. The maximum absolute atomic E-state index is 8.46. The van der Waals surface area contributed by atoms with Crippen molar-refractivity contribution in [3.8, 4) is 17.3 Å². The van der Waals surface area contributed by atoms with Gasteiger partial charge in [0.15, 0.2) is 6.19 Å². The highest BCUT2D eigenvalue weighted by Gasteiger charge is 1.97. The lowest BCUT2D eigenvalue weighted by atomic mass is 10.1. The Morgan fingerprint density at radius 1 is 0.875 bits per heavy atom. The molecule has 3 N–H and O–H groups in total. The fraction of sp³-hybridized carbons (Fsp3) is 0. The van der Waals surface area contributed by atoms with Crippen LogP contribution in [0.25, 0.3) is 11.1 Å². The van der Waals surface area contributed by atoms with E-state index < -0.39 is 0 Å². The second-order valence-electron chi connectivity index (χ2n) is 3.44. The van der Waals surface area contributed by atoms with E-state index in [-0.39, 0.29) is 0 Å². The van der Waals surface area contributed by atoms with E-state index >= 15 is 0 Å². The molecule has 0 aliphatic heterocycles. The quantitative estimate of drug-likeness (QED) is 0.454. The van der Waals surface area contributed by atoms with Gasteiger partial charge in [0.1, 0.15) is 0 Å². The molecular weight excluding hydrogens is 198 g/mol. The van der Waals surface area contributed by atoms with Gasteiger partial charge in [0.2, 0.25) is 0 Å². The van der Waals surface area contributed by atoms with Crippen LogP contribution in [0.1, 0.15) is 0 Å². The van der Waals surface area contributed by atoms with Gasteiger partial charge in [-0.05, 0) is 35.4 Å². The Labute approximate surface area is 94.1 Å². The van der Waals surface area contributed by atoms with Crippen molar-refractivity contribution in [3.05, 3.63) is 48.5 Å². The van der Waals surface area contributed by atoms with E-state index in [4.69, 9.17) is 11.0 Å². The molecule has 0 atom stereocenters. The molecule has 0 radical (unpaired) electrons. The van der Waals surface area contributed by atoms with Crippen LogP contribution in [-0.2, 0) is 0 Å². The molecule has 3 nitrogen and oxygen atoms in total. The van der Waals surface area contributed by atoms with Crippen molar-refractivity contribution in [2.45, 2.75) is 0 Å². The zero-order valence-corrected chi connectivity index (χ0v) is 8.64. The Hall–Kier alpha value is -2.47. The van der Waals surface area contributed by atoms with Crippen LogP contribution in [-0.4, -0.2) is 0 Å². The van der Waals surface area contributed by atoms with E-state index in [9.17, 15) is 0 Å². The third-order valence-electron chi connectivity index (χ3n) is 2.33. The van der Waals surface area contributed by atoms with Crippen LogP contribution in [0, 0.1) is 11.5 Å². The normalized spacial score (nSPS) is 9.44. The number of hydrogen-bond donors (Lipinski definition) is 2. The molecule has 0 saturated heterocycles. The number of hydrogen-bond acceptors (Lipinski definition) is 3. The summed E-state index contributed by atoms with van der Waals surface area (Å²) in [5.74, 6) is 0. The average molecular weight is 209 g/mol. The predicted octanol–water partition coefficient (Wildman–Crippen LogP) is 2.83. The van der Waals surface area contributed by atoms with Gasteiger partial charge < -0.3 is 5.73 Å². The molecular formula is C13H11N3. The molecule has 16 heavy (non-hydrogen) atoms. The molecule has 0 amide bonds. The van der Waals surface area contributed by atoms with Gasteiger partial charge in [-0.1, -0.05) is 24.3 Å². The van der Waals surface area contributed by atoms with Gasteiger partial charge >= 0.3 is 0 Å². The Morgan fingerprint density at radius 3 is 1.88 bits per heavy atom. The Morgan fingerprint density at radius 2 is 1.38 bits per heavy atom. The van der Waals surface area contributed by atoms with Crippen molar-refractivity contribution in [3.63, 3.8) is 0 Å². The van der Waals surface area contributed by atoms with Crippen LogP contribution in [0.3, 0.4) is 0 Å². The van der Waals surface area contributed by atoms with E-state index in [1.165, 1.54) is 0 Å². The first-order valence-electron chi connectivity index (χ1n) is 4.91. The van der Waals surface area contributed by atoms with Crippen molar-refractivity contribution < 1.29 is 0 Å². The largest absolute Gasteiger partial charge is 0.399 e. The van der Waals surface area contributed by atoms with E-state index in [1.807, 2.05) is 54.7 Å². The zero-order valence-electron chi connectivity index (χ0n) is 8.64. The topological polar surface area (TPSA) is 61.8 Å². The third kappa shape index (κ3) is 2.12. The van der Waals surface area contributed by atoms with Crippen LogP contribution in [0.4, 0.5) is 11.4 Å². The second kappa shape index (κ2) is 4.37. The summed E-state index contributed by atoms with van der Waals surface area (Å²) >= 11 is 0. The molecule has 0 saturated carbocycles. The van der Waals surface area contributed by atoms with E-state index in [1.54, 1.807) is 0 Å². The number of rotatable bonds is 2. The molecule has 0 bridgehead atoms. The van der Waals surface area contributed by atoms with E-state index in [0.29, 0.717) is 0 Å². The lowest BCUT2D eigenvalue weighted by molar-refractivity contribution is 1.47. The Balaban J connectivity index is 2.28. The molecule has 3 heteroatoms. The smallest absolute Gasteiger partial charge is 0.181 e. The molecule has 0 spiro atoms. The summed E-state index contributed by atoms with van der Waals surface area (Å²) in [6.45, 7) is 0. The number of nitrogens with two attached hydrogens (primary N) is 1. The number of nitriles is 1. The van der Waals surface area contributed by atoms with Crippen LogP contribution in [0.15, 0.2) is 48.5 Å². The number of nitrogen functional groups attached to an aromatic ring is 1. The second-order valence-corrected chi connectivity index (χ2v) is 3.44. The summed E-state index contributed by atoms with van der Waals surface area (Å²) < 4.78 is 0. The van der Waals surface area contributed by atoms with Gasteiger partial charge in [-0.2, -0.15) is 5.26 Å². The summed E-state index contributed by atoms with van der Waals surface area (Å²) in [5, 5.41) is 11.0. The first-order chi connectivity index (χ1) is 7.79. The number of nitrogens with one attached hydrogen (secondary N) is 1. The summed E-state index contributed by atoms with van der Waals surface area (Å²) in [6, 6.07) is 15.4. The average Bonchev–Trinajstić information content (AvgIpc) is 2.32. The highest BCUT2D eigenvalue weighted by Crippen LogP contribution is 2.22. The van der Waals surface area contributed by atoms with Crippen molar-refractivity contribution >= 4 is 11.4 Å². The highest BCUT2D eigenvalue weighted by atomic mass is 14.9. The van der Waals surface area contributed by atoms with Crippen LogP contribution in [0.2, 0.25) is 0 Å². The first kappa shape index (κ1) is 10.1. The van der Waals surface area contributed by atoms with Gasteiger partial charge in [-0.15, -0.1) is 0 Å². The summed E-state index contributed by atoms with van der Waals surface area (Å²) in [5.41, 5.74) is 9.38. The van der Waals surface area contributed by atoms with Gasteiger partial charge in [0, 0.05) is 11.4 Å². The van der Waals surface area contributed by atoms with Crippen LogP contribution < -0.4 is 11.1 Å².